The fourth-order valence-corrected chi connectivity index (χ4v) is 1.10. The fourth-order valence-electron chi connectivity index (χ4n) is 0.722. The third kappa shape index (κ3) is 5.19. The Hall–Kier alpha value is 0.730. The number of hydrogen-bond acceptors (Lipinski definition) is 0. The molecule has 0 amide bonds. The van der Waals surface area contributed by atoms with Crippen LogP contribution >= 0.6 is 22.6 Å². The first-order chi connectivity index (χ1) is 4.12. The topological polar surface area (TPSA) is 0 Å². The summed E-state index contributed by atoms with van der Waals surface area (Å²) in [6, 6.07) is 0. The Morgan fingerprint density at radius 1 is 1.33 bits per heavy atom. The van der Waals surface area contributed by atoms with E-state index in [9.17, 15) is 0 Å². The van der Waals surface area contributed by atoms with E-state index < -0.39 is 0 Å². The molecule has 0 aliphatic heterocycles. The number of unbranched alkanes of at least 4 members (excludes halogenated alkanes) is 1. The van der Waals surface area contributed by atoms with E-state index >= 15 is 0 Å². The highest BCUT2D eigenvalue weighted by Crippen LogP contribution is 2.25. The first-order valence-corrected chi connectivity index (χ1v) is 5.21. The molecule has 0 aromatic rings. The molecular formula is C8H17I. The summed E-state index contributed by atoms with van der Waals surface area (Å²) in [6.07, 6.45) is 4.10. The summed E-state index contributed by atoms with van der Waals surface area (Å²) in [6.45, 7) is 6.94. The van der Waals surface area contributed by atoms with Crippen LogP contribution in [0.25, 0.3) is 0 Å². The monoisotopic (exact) mass is 240 g/mol. The Kier molecular flexibility index (Phi) is 4.90. The second kappa shape index (κ2) is 4.53. The molecule has 9 heavy (non-hydrogen) atoms. The third-order valence-corrected chi connectivity index (χ3v) is 3.63. The Bertz CT molecular complexity index is 67.0. The van der Waals surface area contributed by atoms with Crippen molar-refractivity contribution in [3.63, 3.8) is 0 Å². The van der Waals surface area contributed by atoms with Crippen LogP contribution in [0.4, 0.5) is 0 Å². The molecule has 0 saturated carbocycles. The summed E-state index contributed by atoms with van der Waals surface area (Å²) in [5.74, 6) is 0. The van der Waals surface area contributed by atoms with Gasteiger partial charge in [-0.25, -0.2) is 0 Å². The Morgan fingerprint density at radius 2 is 1.89 bits per heavy atom. The maximum absolute atomic E-state index is 2.47. The van der Waals surface area contributed by atoms with Crippen LogP contribution in [-0.4, -0.2) is 4.43 Å². The van der Waals surface area contributed by atoms with Gasteiger partial charge in [0, 0.05) is 4.43 Å². The van der Waals surface area contributed by atoms with Crippen LogP contribution in [0.5, 0.6) is 0 Å². The Labute approximate surface area is 72.6 Å². The molecule has 0 radical (unpaired) electrons. The van der Waals surface area contributed by atoms with Crippen molar-refractivity contribution >= 4 is 22.6 Å². The first-order valence-electron chi connectivity index (χ1n) is 3.68. The van der Waals surface area contributed by atoms with Crippen molar-refractivity contribution in [2.75, 3.05) is 4.43 Å². The minimum Gasteiger partial charge on any atom is -0.0858 e. The van der Waals surface area contributed by atoms with E-state index in [-0.39, 0.29) is 0 Å². The lowest BCUT2D eigenvalue weighted by Crippen LogP contribution is -2.11. The number of rotatable bonds is 4. The van der Waals surface area contributed by atoms with Crippen LogP contribution in [0.15, 0.2) is 0 Å². The predicted molar refractivity (Wildman–Crippen MR) is 52.2 cm³/mol. The van der Waals surface area contributed by atoms with Crippen molar-refractivity contribution in [2.24, 2.45) is 5.41 Å². The summed E-state index contributed by atoms with van der Waals surface area (Å²) in [7, 11) is 0. The maximum Gasteiger partial charge on any atom is 0.00467 e. The maximum atomic E-state index is 2.47. The van der Waals surface area contributed by atoms with E-state index in [1.54, 1.807) is 0 Å². The minimum absolute atomic E-state index is 0.580. The zero-order valence-corrected chi connectivity index (χ0v) is 8.86. The SMILES string of the molecule is CCCCC(C)(C)CI. The van der Waals surface area contributed by atoms with Gasteiger partial charge in [-0.3, -0.25) is 0 Å². The Balaban J connectivity index is 3.33. The molecule has 0 fully saturated rings. The molecule has 0 atom stereocenters. The first kappa shape index (κ1) is 9.73. The van der Waals surface area contributed by atoms with Crippen LogP contribution in [0.1, 0.15) is 40.0 Å². The van der Waals surface area contributed by atoms with E-state index in [4.69, 9.17) is 0 Å². The van der Waals surface area contributed by atoms with Crippen molar-refractivity contribution < 1.29 is 0 Å². The molecule has 0 saturated heterocycles. The highest BCUT2D eigenvalue weighted by molar-refractivity contribution is 14.1. The van der Waals surface area contributed by atoms with Gasteiger partial charge in [-0.05, 0) is 11.8 Å². The van der Waals surface area contributed by atoms with Crippen LogP contribution < -0.4 is 0 Å². The molecule has 0 spiro atoms. The normalized spacial score (nSPS) is 12.0. The third-order valence-electron chi connectivity index (χ3n) is 1.57. The van der Waals surface area contributed by atoms with Gasteiger partial charge in [-0.2, -0.15) is 0 Å². The molecule has 0 aliphatic rings. The quantitative estimate of drug-likeness (QED) is 0.519. The van der Waals surface area contributed by atoms with Gasteiger partial charge in [0.25, 0.3) is 0 Å². The highest BCUT2D eigenvalue weighted by atomic mass is 127. The molecule has 0 aromatic carbocycles. The number of alkyl halides is 1. The fraction of sp³-hybridized carbons (Fsp3) is 1.00. The summed E-state index contributed by atoms with van der Waals surface area (Å²) >= 11 is 2.47. The lowest BCUT2D eigenvalue weighted by Gasteiger charge is -2.20. The summed E-state index contributed by atoms with van der Waals surface area (Å²) in [4.78, 5) is 0. The van der Waals surface area contributed by atoms with E-state index in [1.807, 2.05) is 0 Å². The van der Waals surface area contributed by atoms with Crippen LogP contribution in [-0.2, 0) is 0 Å². The molecule has 0 heterocycles. The molecule has 0 N–H and O–H groups in total. The van der Waals surface area contributed by atoms with Gasteiger partial charge in [-0.1, -0.05) is 56.2 Å². The van der Waals surface area contributed by atoms with Crippen LogP contribution in [0, 0.1) is 5.41 Å². The second-order valence-electron chi connectivity index (χ2n) is 3.40. The molecule has 56 valence electrons. The van der Waals surface area contributed by atoms with Gasteiger partial charge < -0.3 is 0 Å². The summed E-state index contributed by atoms with van der Waals surface area (Å²) < 4.78 is 1.28. The molecule has 0 nitrogen and oxygen atoms in total. The number of halogens is 1. The predicted octanol–water partition coefficient (Wildman–Crippen LogP) is 3.64. The van der Waals surface area contributed by atoms with Crippen LogP contribution in [0.3, 0.4) is 0 Å². The van der Waals surface area contributed by atoms with Gasteiger partial charge in [0.2, 0.25) is 0 Å². The van der Waals surface area contributed by atoms with E-state index in [0.717, 1.165) is 0 Å². The largest absolute Gasteiger partial charge is 0.0858 e. The van der Waals surface area contributed by atoms with E-state index in [2.05, 4.69) is 43.4 Å². The lowest BCUT2D eigenvalue weighted by molar-refractivity contribution is 0.378. The van der Waals surface area contributed by atoms with Crippen molar-refractivity contribution in [1.29, 1.82) is 0 Å². The van der Waals surface area contributed by atoms with Gasteiger partial charge in [0.05, 0.1) is 0 Å². The summed E-state index contributed by atoms with van der Waals surface area (Å²) in [5.41, 5.74) is 0.580. The molecule has 0 aliphatic carbocycles. The van der Waals surface area contributed by atoms with E-state index in [0.29, 0.717) is 5.41 Å². The summed E-state index contributed by atoms with van der Waals surface area (Å²) in [5, 5.41) is 0. The molecule has 1 heteroatoms. The molecule has 0 bridgehead atoms. The van der Waals surface area contributed by atoms with Crippen LogP contribution in [0.2, 0.25) is 0 Å². The van der Waals surface area contributed by atoms with Gasteiger partial charge in [-0.15, -0.1) is 0 Å². The molecule has 0 unspecified atom stereocenters. The average molecular weight is 240 g/mol. The van der Waals surface area contributed by atoms with Crippen molar-refractivity contribution in [2.45, 2.75) is 40.0 Å². The van der Waals surface area contributed by atoms with Gasteiger partial charge in [0.15, 0.2) is 0 Å². The van der Waals surface area contributed by atoms with Gasteiger partial charge in [0.1, 0.15) is 0 Å². The number of hydrogen-bond donors (Lipinski definition) is 0. The highest BCUT2D eigenvalue weighted by Gasteiger charge is 2.13. The lowest BCUT2D eigenvalue weighted by atomic mass is 9.90. The minimum atomic E-state index is 0.580. The average Bonchev–Trinajstić information content (AvgIpc) is 1.84. The zero-order chi connectivity index (χ0) is 7.33. The molecular weight excluding hydrogens is 223 g/mol. The van der Waals surface area contributed by atoms with Gasteiger partial charge >= 0.3 is 0 Å². The standard InChI is InChI=1S/C8H17I/c1-4-5-6-8(2,3)7-9/h4-7H2,1-3H3. The van der Waals surface area contributed by atoms with Crippen molar-refractivity contribution in [3.05, 3.63) is 0 Å². The zero-order valence-electron chi connectivity index (χ0n) is 6.71. The van der Waals surface area contributed by atoms with Crippen molar-refractivity contribution in [3.8, 4) is 0 Å². The second-order valence-corrected chi connectivity index (χ2v) is 4.16. The molecule has 0 rings (SSSR count). The molecule has 0 aromatic heterocycles. The Morgan fingerprint density at radius 3 is 2.22 bits per heavy atom. The smallest absolute Gasteiger partial charge is 0.00467 e. The van der Waals surface area contributed by atoms with Crippen molar-refractivity contribution in [1.82, 2.24) is 0 Å². The van der Waals surface area contributed by atoms with E-state index in [1.165, 1.54) is 23.7 Å².